The average Bonchev–Trinajstić information content (AvgIpc) is 2.59. The third-order valence-electron chi connectivity index (χ3n) is 3.24. The maximum Gasteiger partial charge on any atom is 0.317 e. The van der Waals surface area contributed by atoms with Gasteiger partial charge in [-0.15, -0.1) is 0 Å². The van der Waals surface area contributed by atoms with Gasteiger partial charge in [-0.1, -0.05) is 24.7 Å². The van der Waals surface area contributed by atoms with Gasteiger partial charge in [-0.2, -0.15) is 0 Å². The molecule has 7 heteroatoms. The first-order chi connectivity index (χ1) is 12.6. The van der Waals surface area contributed by atoms with Gasteiger partial charge in [0.25, 0.3) is 0 Å². The minimum Gasteiger partial charge on any atom is -0.480 e. The smallest absolute Gasteiger partial charge is 0.317 e. The van der Waals surface area contributed by atoms with Crippen LogP contribution in [0.2, 0.25) is 0 Å². The van der Waals surface area contributed by atoms with Gasteiger partial charge < -0.3 is 20.3 Å². The van der Waals surface area contributed by atoms with Crippen LogP contribution < -0.4 is 10.6 Å². The van der Waals surface area contributed by atoms with Crippen molar-refractivity contribution in [3.8, 4) is 23.7 Å². The number of hydrogen-bond donors (Lipinski definition) is 4. The summed E-state index contributed by atoms with van der Waals surface area (Å²) in [6, 6.07) is 0. The molecule has 0 aliphatic carbocycles. The second kappa shape index (κ2) is 19.3. The second-order valence-corrected chi connectivity index (χ2v) is 5.67. The Balaban J connectivity index is 3.29. The van der Waals surface area contributed by atoms with E-state index in [1.807, 2.05) is 0 Å². The normalized spacial score (nSPS) is 9.69. The zero-order valence-corrected chi connectivity index (χ0v) is 15.3. The molecule has 0 saturated heterocycles. The molecule has 0 aliphatic rings. The molecule has 0 bridgehead atoms. The molecule has 0 aromatic rings. The summed E-state index contributed by atoms with van der Waals surface area (Å²) < 4.78 is 5.23. The van der Waals surface area contributed by atoms with E-state index < -0.39 is 11.9 Å². The molecule has 4 N–H and O–H groups in total. The molecule has 146 valence electrons. The third kappa shape index (κ3) is 21.9. The second-order valence-electron chi connectivity index (χ2n) is 5.67. The fourth-order valence-corrected chi connectivity index (χ4v) is 1.95. The molecular formula is C19H30N2O5. The Bertz CT molecular complexity index is 454. The van der Waals surface area contributed by atoms with E-state index in [-0.39, 0.29) is 19.8 Å². The Kier molecular flexibility index (Phi) is 17.7. The number of ether oxygens (including phenoxy) is 1. The molecular weight excluding hydrogens is 336 g/mol. The Morgan fingerprint density at radius 2 is 1.35 bits per heavy atom. The average molecular weight is 366 g/mol. The van der Waals surface area contributed by atoms with E-state index in [2.05, 4.69) is 34.3 Å². The van der Waals surface area contributed by atoms with Crippen molar-refractivity contribution in [2.45, 2.75) is 51.4 Å². The number of carboxylic acids is 2. The predicted molar refractivity (Wildman–Crippen MR) is 99.5 cm³/mol. The lowest BCUT2D eigenvalue weighted by Crippen LogP contribution is -2.25. The Labute approximate surface area is 155 Å². The third-order valence-corrected chi connectivity index (χ3v) is 3.24. The van der Waals surface area contributed by atoms with Crippen LogP contribution in [0.5, 0.6) is 0 Å². The summed E-state index contributed by atoms with van der Waals surface area (Å²) in [7, 11) is 0. The minimum atomic E-state index is -0.893. The molecule has 0 atom stereocenters. The molecule has 0 radical (unpaired) electrons. The number of rotatable bonds is 16. The van der Waals surface area contributed by atoms with Crippen molar-refractivity contribution in [3.05, 3.63) is 0 Å². The summed E-state index contributed by atoms with van der Waals surface area (Å²) in [4.78, 5) is 20.5. The summed E-state index contributed by atoms with van der Waals surface area (Å²) in [6.07, 6.45) is 7.65. The van der Waals surface area contributed by atoms with Crippen LogP contribution in [0.3, 0.4) is 0 Å². The van der Waals surface area contributed by atoms with Crippen LogP contribution in [0, 0.1) is 23.7 Å². The highest BCUT2D eigenvalue weighted by molar-refractivity contribution is 5.69. The lowest BCUT2D eigenvalue weighted by atomic mass is 10.1. The quantitative estimate of drug-likeness (QED) is 0.186. The SMILES string of the molecule is O=C(O)CNCCCCCCC#CC#CCCCCOCNCC(=O)O. The fourth-order valence-electron chi connectivity index (χ4n) is 1.95. The number of unbranched alkanes of at least 4 members (excludes halogenated alkanes) is 6. The first kappa shape index (κ1) is 23.9. The number of aliphatic carboxylic acids is 2. The van der Waals surface area contributed by atoms with Crippen LogP contribution in [0.1, 0.15) is 51.4 Å². The predicted octanol–water partition coefficient (Wildman–Crippen LogP) is 1.44. The van der Waals surface area contributed by atoms with Gasteiger partial charge in [0.05, 0.1) is 19.8 Å². The van der Waals surface area contributed by atoms with Crippen molar-refractivity contribution in [2.24, 2.45) is 0 Å². The van der Waals surface area contributed by atoms with Crippen molar-refractivity contribution in [1.82, 2.24) is 10.6 Å². The van der Waals surface area contributed by atoms with Crippen LogP contribution in [0.25, 0.3) is 0 Å². The summed E-state index contributed by atoms with van der Waals surface area (Å²) >= 11 is 0. The molecule has 0 aromatic carbocycles. The Morgan fingerprint density at radius 3 is 2.00 bits per heavy atom. The Hall–Kier alpha value is -2.06. The maximum absolute atomic E-state index is 10.3. The van der Waals surface area contributed by atoms with Crippen LogP contribution in [-0.4, -0.2) is 55.1 Å². The van der Waals surface area contributed by atoms with E-state index in [0.717, 1.165) is 57.9 Å². The molecule has 0 amide bonds. The monoisotopic (exact) mass is 366 g/mol. The number of carbonyl (C=O) groups is 2. The molecule has 0 saturated carbocycles. The van der Waals surface area contributed by atoms with Crippen molar-refractivity contribution in [1.29, 1.82) is 0 Å². The lowest BCUT2D eigenvalue weighted by molar-refractivity contribution is -0.137. The highest BCUT2D eigenvalue weighted by Crippen LogP contribution is 2.01. The number of nitrogens with one attached hydrogen (secondary N) is 2. The highest BCUT2D eigenvalue weighted by atomic mass is 16.5. The van der Waals surface area contributed by atoms with E-state index in [9.17, 15) is 9.59 Å². The summed E-state index contributed by atoms with van der Waals surface area (Å²) in [5.41, 5.74) is 0. The molecule has 0 heterocycles. The zero-order chi connectivity index (χ0) is 19.3. The lowest BCUT2D eigenvalue weighted by Gasteiger charge is -2.02. The van der Waals surface area contributed by atoms with E-state index in [0.29, 0.717) is 6.61 Å². The first-order valence-corrected chi connectivity index (χ1v) is 9.01. The number of hydrogen-bond acceptors (Lipinski definition) is 5. The Morgan fingerprint density at radius 1 is 0.769 bits per heavy atom. The fraction of sp³-hybridized carbons (Fsp3) is 0.684. The van der Waals surface area contributed by atoms with Gasteiger partial charge in [0.15, 0.2) is 0 Å². The van der Waals surface area contributed by atoms with Crippen LogP contribution in [0.15, 0.2) is 0 Å². The molecule has 0 unspecified atom stereocenters. The van der Waals surface area contributed by atoms with Gasteiger partial charge >= 0.3 is 11.9 Å². The van der Waals surface area contributed by atoms with Crippen LogP contribution in [0.4, 0.5) is 0 Å². The molecule has 0 aliphatic heterocycles. The minimum absolute atomic E-state index is 0.0289. The van der Waals surface area contributed by atoms with Crippen molar-refractivity contribution in [3.63, 3.8) is 0 Å². The maximum atomic E-state index is 10.3. The van der Waals surface area contributed by atoms with E-state index in [1.54, 1.807) is 0 Å². The van der Waals surface area contributed by atoms with Gasteiger partial charge in [-0.25, -0.2) is 0 Å². The first-order valence-electron chi connectivity index (χ1n) is 9.01. The van der Waals surface area contributed by atoms with E-state index >= 15 is 0 Å². The molecule has 0 aromatic heterocycles. The summed E-state index contributed by atoms with van der Waals surface area (Å²) in [6.45, 7) is 1.52. The van der Waals surface area contributed by atoms with Gasteiger partial charge in [-0.05, 0) is 44.1 Å². The molecule has 7 nitrogen and oxygen atoms in total. The molecule has 0 fully saturated rings. The van der Waals surface area contributed by atoms with Crippen molar-refractivity contribution < 1.29 is 24.5 Å². The number of carboxylic acid groups (broad SMARTS) is 2. The van der Waals surface area contributed by atoms with Crippen molar-refractivity contribution in [2.75, 3.05) is 33.0 Å². The van der Waals surface area contributed by atoms with Crippen molar-refractivity contribution >= 4 is 11.9 Å². The molecule has 26 heavy (non-hydrogen) atoms. The molecule has 0 spiro atoms. The van der Waals surface area contributed by atoms with Gasteiger partial charge in [-0.3, -0.25) is 14.9 Å². The van der Waals surface area contributed by atoms with Crippen LogP contribution >= 0.6 is 0 Å². The van der Waals surface area contributed by atoms with E-state index in [1.165, 1.54) is 0 Å². The summed E-state index contributed by atoms with van der Waals surface area (Å²) in [5.74, 6) is 10.0. The topological polar surface area (TPSA) is 108 Å². The zero-order valence-electron chi connectivity index (χ0n) is 15.3. The van der Waals surface area contributed by atoms with E-state index in [4.69, 9.17) is 14.9 Å². The van der Waals surface area contributed by atoms with Gasteiger partial charge in [0, 0.05) is 19.4 Å². The molecule has 0 rings (SSSR count). The van der Waals surface area contributed by atoms with Gasteiger partial charge in [0.2, 0.25) is 0 Å². The summed E-state index contributed by atoms with van der Waals surface area (Å²) in [5, 5.41) is 22.4. The van der Waals surface area contributed by atoms with Crippen LogP contribution in [-0.2, 0) is 14.3 Å². The highest BCUT2D eigenvalue weighted by Gasteiger charge is 1.95. The van der Waals surface area contributed by atoms with Gasteiger partial charge in [0.1, 0.15) is 0 Å². The standard InChI is InChI=1S/C19H30N2O5/c22-18(23)15-20-13-11-9-7-5-3-1-2-4-6-8-10-12-14-26-17-21-16-19(24)25/h20-21H,3,5,7-17H2,(H,22,23)(H,24,25). The largest absolute Gasteiger partial charge is 0.480 e.